The minimum Gasteiger partial charge on any atom is -0.480 e. The van der Waals surface area contributed by atoms with E-state index in [0.717, 1.165) is 4.68 Å². The van der Waals surface area contributed by atoms with E-state index in [-0.39, 0.29) is 29.4 Å². The minimum absolute atomic E-state index is 0.00671. The third kappa shape index (κ3) is 3.28. The van der Waals surface area contributed by atoms with Crippen molar-refractivity contribution < 1.29 is 18.3 Å². The number of aromatic amines is 1. The lowest BCUT2D eigenvalue weighted by atomic mass is 10.4. The normalized spacial score (nSPS) is 11.7. The molecule has 0 bridgehead atoms. The summed E-state index contributed by atoms with van der Waals surface area (Å²) in [6.07, 6.45) is 3.09. The lowest BCUT2D eigenvalue weighted by molar-refractivity contribution is -0.137. The molecular weight excluding hydrogens is 298 g/mol. The first-order valence-corrected chi connectivity index (χ1v) is 7.52. The Morgan fingerprint density at radius 3 is 2.76 bits per heavy atom. The average Bonchev–Trinajstić information content (AvgIpc) is 2.96. The second kappa shape index (κ2) is 5.66. The monoisotopic (exact) mass is 313 g/mol. The maximum atomic E-state index is 12.3. The van der Waals surface area contributed by atoms with E-state index in [2.05, 4.69) is 20.0 Å². The van der Waals surface area contributed by atoms with Gasteiger partial charge in [0.25, 0.3) is 0 Å². The molecule has 0 saturated carbocycles. The molecule has 0 unspecified atom stereocenters. The summed E-state index contributed by atoms with van der Waals surface area (Å²) >= 11 is 0. The zero-order valence-corrected chi connectivity index (χ0v) is 12.3. The molecule has 2 rings (SSSR count). The molecule has 0 aliphatic heterocycles. The highest BCUT2D eigenvalue weighted by atomic mass is 32.2. The van der Waals surface area contributed by atoms with Crippen molar-refractivity contribution in [3.8, 4) is 0 Å². The fraction of sp³-hybridized carbons (Fsp3) is 0.364. The number of aryl methyl sites for hydroxylation is 1. The molecule has 9 nitrogen and oxygen atoms in total. The van der Waals surface area contributed by atoms with Gasteiger partial charge in [-0.1, -0.05) is 0 Å². The van der Waals surface area contributed by atoms with Crippen molar-refractivity contribution in [3.05, 3.63) is 29.3 Å². The standard InChI is InChI=1S/C11H15N5O4S/c1-7-11(8(2)16(15-7)6-10(17)18)21(19,20)14-5-9-3-12-13-4-9/h3-4,14H,5-6H2,1-2H3,(H,12,13)(H,17,18). The van der Waals surface area contributed by atoms with Gasteiger partial charge in [0.05, 0.1) is 17.6 Å². The molecule has 0 spiro atoms. The van der Waals surface area contributed by atoms with Crippen molar-refractivity contribution >= 4 is 16.0 Å². The summed E-state index contributed by atoms with van der Waals surface area (Å²) in [6.45, 7) is 2.75. The van der Waals surface area contributed by atoms with E-state index in [9.17, 15) is 13.2 Å². The Morgan fingerprint density at radius 1 is 1.48 bits per heavy atom. The number of rotatable bonds is 6. The Labute approximate surface area is 121 Å². The van der Waals surface area contributed by atoms with Crippen molar-refractivity contribution in [1.82, 2.24) is 24.7 Å². The van der Waals surface area contributed by atoms with Gasteiger partial charge in [-0.15, -0.1) is 0 Å². The Hall–Kier alpha value is -2.20. The van der Waals surface area contributed by atoms with E-state index in [0.29, 0.717) is 5.56 Å². The fourth-order valence-electron chi connectivity index (χ4n) is 1.98. The van der Waals surface area contributed by atoms with Crippen LogP contribution in [0.4, 0.5) is 0 Å². The Morgan fingerprint density at radius 2 is 2.19 bits per heavy atom. The molecule has 0 amide bonds. The predicted molar refractivity (Wildman–Crippen MR) is 72.0 cm³/mol. The van der Waals surface area contributed by atoms with Crippen molar-refractivity contribution in [2.45, 2.75) is 31.8 Å². The maximum absolute atomic E-state index is 12.3. The number of H-pyrrole nitrogens is 1. The number of hydrogen-bond donors (Lipinski definition) is 3. The number of carbonyl (C=O) groups is 1. The summed E-state index contributed by atoms with van der Waals surface area (Å²) in [6, 6.07) is 0. The Bertz CT molecular complexity index is 748. The van der Waals surface area contributed by atoms with Crippen LogP contribution >= 0.6 is 0 Å². The summed E-state index contributed by atoms with van der Waals surface area (Å²) in [5.41, 5.74) is 1.23. The van der Waals surface area contributed by atoms with Gasteiger partial charge in [-0.3, -0.25) is 14.6 Å². The number of carboxylic acids is 1. The number of hydrogen-bond acceptors (Lipinski definition) is 5. The van der Waals surface area contributed by atoms with Crippen LogP contribution in [0.5, 0.6) is 0 Å². The third-order valence-corrected chi connectivity index (χ3v) is 4.54. The highest BCUT2D eigenvalue weighted by molar-refractivity contribution is 7.89. The molecule has 21 heavy (non-hydrogen) atoms. The van der Waals surface area contributed by atoms with Crippen LogP contribution in [0, 0.1) is 13.8 Å². The fourth-order valence-corrected chi connectivity index (χ4v) is 3.40. The van der Waals surface area contributed by atoms with Crippen molar-refractivity contribution in [1.29, 1.82) is 0 Å². The smallest absolute Gasteiger partial charge is 0.325 e. The molecule has 3 N–H and O–H groups in total. The molecule has 0 aliphatic carbocycles. The zero-order valence-electron chi connectivity index (χ0n) is 11.5. The van der Waals surface area contributed by atoms with Crippen LogP contribution in [0.1, 0.15) is 17.0 Å². The van der Waals surface area contributed by atoms with Crippen LogP contribution in [0.3, 0.4) is 0 Å². The average molecular weight is 313 g/mol. The molecular formula is C11H15N5O4S. The predicted octanol–water partition coefficient (Wildman–Crippen LogP) is -0.214. The van der Waals surface area contributed by atoms with Crippen molar-refractivity contribution in [2.75, 3.05) is 0 Å². The van der Waals surface area contributed by atoms with E-state index in [1.165, 1.54) is 20.0 Å². The molecule has 2 aromatic rings. The van der Waals surface area contributed by atoms with Crippen LogP contribution < -0.4 is 4.72 Å². The molecule has 0 fully saturated rings. The number of aromatic nitrogens is 4. The number of nitrogens with zero attached hydrogens (tertiary/aromatic N) is 3. The molecule has 2 heterocycles. The van der Waals surface area contributed by atoms with Crippen LogP contribution in [0.25, 0.3) is 0 Å². The molecule has 0 atom stereocenters. The van der Waals surface area contributed by atoms with Gasteiger partial charge in [0.1, 0.15) is 11.4 Å². The van der Waals surface area contributed by atoms with Gasteiger partial charge in [-0.25, -0.2) is 13.1 Å². The lowest BCUT2D eigenvalue weighted by Crippen LogP contribution is -2.24. The van der Waals surface area contributed by atoms with Gasteiger partial charge < -0.3 is 5.11 Å². The van der Waals surface area contributed by atoms with Gasteiger partial charge in [-0.05, 0) is 13.8 Å². The molecule has 0 saturated heterocycles. The molecule has 10 heteroatoms. The first-order valence-electron chi connectivity index (χ1n) is 6.04. The largest absolute Gasteiger partial charge is 0.480 e. The topological polar surface area (TPSA) is 130 Å². The maximum Gasteiger partial charge on any atom is 0.325 e. The van der Waals surface area contributed by atoms with Crippen LogP contribution in [0.2, 0.25) is 0 Å². The highest BCUT2D eigenvalue weighted by Crippen LogP contribution is 2.19. The summed E-state index contributed by atoms with van der Waals surface area (Å²) < 4.78 is 28.2. The van der Waals surface area contributed by atoms with Gasteiger partial charge >= 0.3 is 5.97 Å². The second-order valence-electron chi connectivity index (χ2n) is 4.48. The van der Waals surface area contributed by atoms with Crippen LogP contribution in [-0.4, -0.2) is 39.5 Å². The van der Waals surface area contributed by atoms with E-state index < -0.39 is 16.0 Å². The van der Waals surface area contributed by atoms with E-state index in [1.807, 2.05) is 0 Å². The van der Waals surface area contributed by atoms with E-state index >= 15 is 0 Å². The Balaban J connectivity index is 2.27. The van der Waals surface area contributed by atoms with E-state index in [1.54, 1.807) is 6.20 Å². The number of carboxylic acid groups (broad SMARTS) is 1. The van der Waals surface area contributed by atoms with Gasteiger partial charge in [0.2, 0.25) is 10.0 Å². The summed E-state index contributed by atoms with van der Waals surface area (Å²) in [5.74, 6) is -1.09. The third-order valence-electron chi connectivity index (χ3n) is 2.89. The van der Waals surface area contributed by atoms with E-state index in [4.69, 9.17) is 5.11 Å². The quantitative estimate of drug-likeness (QED) is 0.676. The number of nitrogens with one attached hydrogen (secondary N) is 2. The molecule has 0 radical (unpaired) electrons. The molecule has 114 valence electrons. The van der Waals surface area contributed by atoms with Crippen LogP contribution in [0.15, 0.2) is 17.3 Å². The van der Waals surface area contributed by atoms with Gasteiger partial charge in [0.15, 0.2) is 0 Å². The number of aliphatic carboxylic acids is 1. The second-order valence-corrected chi connectivity index (χ2v) is 6.19. The Kier molecular flexibility index (Phi) is 4.09. The van der Waals surface area contributed by atoms with Crippen molar-refractivity contribution in [2.24, 2.45) is 0 Å². The first-order chi connectivity index (χ1) is 9.81. The van der Waals surface area contributed by atoms with Gasteiger partial charge in [-0.2, -0.15) is 10.2 Å². The number of sulfonamides is 1. The summed E-state index contributed by atoms with van der Waals surface area (Å²) in [7, 11) is -3.78. The van der Waals surface area contributed by atoms with Crippen molar-refractivity contribution in [3.63, 3.8) is 0 Å². The summed E-state index contributed by atoms with van der Waals surface area (Å²) in [4.78, 5) is 10.7. The molecule has 2 aromatic heterocycles. The lowest BCUT2D eigenvalue weighted by Gasteiger charge is -2.06. The SMILES string of the molecule is Cc1nn(CC(=O)O)c(C)c1S(=O)(=O)NCc1cn[nH]c1. The van der Waals surface area contributed by atoms with Gasteiger partial charge in [0, 0.05) is 18.3 Å². The molecule has 0 aromatic carbocycles. The molecule has 0 aliphatic rings. The van der Waals surface area contributed by atoms with Crippen LogP contribution in [-0.2, 0) is 27.9 Å². The first kappa shape index (κ1) is 15.2. The highest BCUT2D eigenvalue weighted by Gasteiger charge is 2.25. The minimum atomic E-state index is -3.78. The summed E-state index contributed by atoms with van der Waals surface area (Å²) in [5, 5.41) is 19.1. The zero-order chi connectivity index (χ0) is 15.6.